The van der Waals surface area contributed by atoms with Crippen molar-refractivity contribution >= 4 is 49.6 Å². The van der Waals surface area contributed by atoms with Gasteiger partial charge in [-0.25, -0.2) is 5.01 Å². The Morgan fingerprint density at radius 3 is 2.26 bits per heavy atom. The van der Waals surface area contributed by atoms with Crippen molar-refractivity contribution in [2.75, 3.05) is 7.11 Å². The number of carbonyl (C=O) groups is 1. The van der Waals surface area contributed by atoms with Gasteiger partial charge in [-0.3, -0.25) is 4.79 Å². The molecule has 2 atom stereocenters. The second kappa shape index (κ2) is 9.88. The third-order valence-corrected chi connectivity index (χ3v) is 7.53. The zero-order valence-corrected chi connectivity index (χ0v) is 21.9. The van der Waals surface area contributed by atoms with Crippen molar-refractivity contribution in [1.82, 2.24) is 5.01 Å². The molecule has 1 saturated carbocycles. The van der Waals surface area contributed by atoms with Crippen molar-refractivity contribution in [2.24, 2.45) is 11.0 Å². The molecule has 0 aromatic heterocycles. The normalized spacial score (nSPS) is 20.7. The number of amides is 1. The number of rotatable bonds is 4. The van der Waals surface area contributed by atoms with E-state index in [0.29, 0.717) is 5.56 Å². The van der Waals surface area contributed by atoms with E-state index in [9.17, 15) is 4.79 Å². The minimum Gasteiger partial charge on any atom is -0.497 e. The first-order chi connectivity index (χ1) is 16.5. The third-order valence-electron chi connectivity index (χ3n) is 6.47. The molecular formula is C28H24Br2N2O2. The molecule has 5 rings (SSSR count). The molecule has 0 spiro atoms. The van der Waals surface area contributed by atoms with Gasteiger partial charge < -0.3 is 4.74 Å². The molecule has 1 heterocycles. The van der Waals surface area contributed by atoms with E-state index >= 15 is 0 Å². The van der Waals surface area contributed by atoms with E-state index < -0.39 is 0 Å². The van der Waals surface area contributed by atoms with E-state index in [1.807, 2.05) is 36.4 Å². The number of fused-ring (bicyclic) bond motifs is 1. The Kier molecular flexibility index (Phi) is 6.70. The molecule has 0 unspecified atom stereocenters. The number of hydrogen-bond donors (Lipinski definition) is 0. The first kappa shape index (κ1) is 23.1. The van der Waals surface area contributed by atoms with Crippen LogP contribution in [0.15, 0.2) is 92.4 Å². The summed E-state index contributed by atoms with van der Waals surface area (Å²) in [5, 5.41) is 6.68. The van der Waals surface area contributed by atoms with Crippen LogP contribution in [-0.4, -0.2) is 23.7 Å². The highest BCUT2D eigenvalue weighted by Gasteiger charge is 2.43. The number of methoxy groups -OCH3 is 1. The SMILES string of the molecule is COc1ccc(C(=O)N2N=C3/C(=C\c4ccc(Br)cc4)CCC[C@@H]3[C@H]2c2ccc(Br)cc2)cc1. The van der Waals surface area contributed by atoms with Crippen LogP contribution in [0.1, 0.15) is 46.8 Å². The Hall–Kier alpha value is -2.70. The molecule has 1 fully saturated rings. The maximum absolute atomic E-state index is 13.7. The predicted octanol–water partition coefficient (Wildman–Crippen LogP) is 7.66. The summed E-state index contributed by atoms with van der Waals surface area (Å²) in [4.78, 5) is 13.7. The maximum atomic E-state index is 13.7. The van der Waals surface area contributed by atoms with Crippen LogP contribution in [0.2, 0.25) is 0 Å². The number of hydrogen-bond acceptors (Lipinski definition) is 3. The molecular weight excluding hydrogens is 556 g/mol. The molecule has 172 valence electrons. The third kappa shape index (κ3) is 4.62. The van der Waals surface area contributed by atoms with Gasteiger partial charge in [-0.05, 0) is 90.6 Å². The van der Waals surface area contributed by atoms with E-state index in [-0.39, 0.29) is 17.9 Å². The number of benzene rings is 3. The van der Waals surface area contributed by atoms with Gasteiger partial charge in [-0.2, -0.15) is 5.10 Å². The number of nitrogens with zero attached hydrogens (tertiary/aromatic N) is 2. The van der Waals surface area contributed by atoms with Gasteiger partial charge in [-0.15, -0.1) is 0 Å². The second-order valence-corrected chi connectivity index (χ2v) is 10.4. The molecule has 1 aliphatic heterocycles. The van der Waals surface area contributed by atoms with Crippen molar-refractivity contribution in [1.29, 1.82) is 0 Å². The lowest BCUT2D eigenvalue weighted by molar-refractivity contribution is 0.0681. The quantitative estimate of drug-likeness (QED) is 0.318. The monoisotopic (exact) mass is 578 g/mol. The highest BCUT2D eigenvalue weighted by atomic mass is 79.9. The highest BCUT2D eigenvalue weighted by Crippen LogP contribution is 2.45. The fourth-order valence-corrected chi connectivity index (χ4v) is 5.32. The molecule has 6 heteroatoms. The number of ether oxygens (including phenoxy) is 1. The van der Waals surface area contributed by atoms with Gasteiger partial charge in [0.25, 0.3) is 5.91 Å². The largest absolute Gasteiger partial charge is 0.497 e. The summed E-state index contributed by atoms with van der Waals surface area (Å²) in [6, 6.07) is 23.7. The van der Waals surface area contributed by atoms with Crippen LogP contribution in [0.4, 0.5) is 0 Å². The van der Waals surface area contributed by atoms with Crippen LogP contribution >= 0.6 is 31.9 Å². The minimum atomic E-state index is -0.133. The van der Waals surface area contributed by atoms with Gasteiger partial charge in [0.05, 0.1) is 18.9 Å². The topological polar surface area (TPSA) is 41.9 Å². The fourth-order valence-electron chi connectivity index (χ4n) is 4.79. The van der Waals surface area contributed by atoms with Gasteiger partial charge in [0, 0.05) is 20.4 Å². The van der Waals surface area contributed by atoms with Crippen LogP contribution in [-0.2, 0) is 0 Å². The van der Waals surface area contributed by atoms with E-state index in [1.54, 1.807) is 24.3 Å². The molecule has 1 amide bonds. The zero-order chi connectivity index (χ0) is 23.7. The first-order valence-corrected chi connectivity index (χ1v) is 12.9. The summed E-state index contributed by atoms with van der Waals surface area (Å²) >= 11 is 7.05. The summed E-state index contributed by atoms with van der Waals surface area (Å²) in [5.74, 6) is 0.793. The molecule has 3 aromatic rings. The Morgan fingerprint density at radius 1 is 0.971 bits per heavy atom. The summed E-state index contributed by atoms with van der Waals surface area (Å²) in [7, 11) is 1.62. The van der Waals surface area contributed by atoms with E-state index in [0.717, 1.165) is 50.8 Å². The predicted molar refractivity (Wildman–Crippen MR) is 143 cm³/mol. The molecule has 2 aliphatic rings. The molecule has 3 aromatic carbocycles. The molecule has 0 saturated heterocycles. The van der Waals surface area contributed by atoms with Crippen molar-refractivity contribution in [3.05, 3.63) is 104 Å². The van der Waals surface area contributed by atoms with Crippen molar-refractivity contribution in [3.8, 4) is 5.75 Å². The Balaban J connectivity index is 1.56. The van der Waals surface area contributed by atoms with E-state index in [2.05, 4.69) is 62.2 Å². The molecule has 0 N–H and O–H groups in total. The Bertz CT molecular complexity index is 1250. The lowest BCUT2D eigenvalue weighted by atomic mass is 9.77. The number of allylic oxidation sites excluding steroid dienone is 1. The Labute approximate surface area is 216 Å². The van der Waals surface area contributed by atoms with Crippen molar-refractivity contribution < 1.29 is 9.53 Å². The molecule has 34 heavy (non-hydrogen) atoms. The average Bonchev–Trinajstić information content (AvgIpc) is 3.26. The number of hydrazone groups is 1. The fraction of sp³-hybridized carbons (Fsp3) is 0.214. The standard InChI is InChI=1S/C28H24Br2N2O2/c1-34-24-15-9-20(10-16-24)28(33)32-27(19-7-13-23(30)14-8-19)25-4-2-3-21(26(25)31-32)17-18-5-11-22(29)12-6-18/h5-17,25,27H,2-4H2,1H3/b21-17-/t25-,27+/m0/s1. The molecule has 0 bridgehead atoms. The van der Waals surface area contributed by atoms with Crippen LogP contribution in [0.3, 0.4) is 0 Å². The zero-order valence-electron chi connectivity index (χ0n) is 18.7. The lowest BCUT2D eigenvalue weighted by Gasteiger charge is -2.29. The molecule has 1 aliphatic carbocycles. The van der Waals surface area contributed by atoms with Gasteiger partial charge in [-0.1, -0.05) is 56.1 Å². The lowest BCUT2D eigenvalue weighted by Crippen LogP contribution is -2.31. The van der Waals surface area contributed by atoms with Crippen LogP contribution in [0, 0.1) is 5.92 Å². The summed E-state index contributed by atoms with van der Waals surface area (Å²) in [5.41, 5.74) is 5.08. The van der Waals surface area contributed by atoms with Crippen LogP contribution < -0.4 is 4.74 Å². The minimum absolute atomic E-state index is 0.0968. The van der Waals surface area contributed by atoms with Crippen LogP contribution in [0.25, 0.3) is 6.08 Å². The van der Waals surface area contributed by atoms with Crippen molar-refractivity contribution in [3.63, 3.8) is 0 Å². The number of halogens is 2. The van der Waals surface area contributed by atoms with Gasteiger partial charge in [0.2, 0.25) is 0 Å². The van der Waals surface area contributed by atoms with Gasteiger partial charge >= 0.3 is 0 Å². The second-order valence-electron chi connectivity index (χ2n) is 8.58. The van der Waals surface area contributed by atoms with E-state index in [4.69, 9.17) is 9.84 Å². The number of carbonyl (C=O) groups excluding carboxylic acids is 1. The molecule has 4 nitrogen and oxygen atoms in total. The smallest absolute Gasteiger partial charge is 0.274 e. The van der Waals surface area contributed by atoms with Crippen molar-refractivity contribution in [2.45, 2.75) is 25.3 Å². The first-order valence-electron chi connectivity index (χ1n) is 11.3. The van der Waals surface area contributed by atoms with Gasteiger partial charge in [0.1, 0.15) is 5.75 Å². The Morgan fingerprint density at radius 2 is 1.62 bits per heavy atom. The maximum Gasteiger partial charge on any atom is 0.274 e. The highest BCUT2D eigenvalue weighted by molar-refractivity contribution is 9.10. The summed E-state index contributed by atoms with van der Waals surface area (Å²) in [6.45, 7) is 0. The summed E-state index contributed by atoms with van der Waals surface area (Å²) < 4.78 is 7.34. The molecule has 0 radical (unpaired) electrons. The van der Waals surface area contributed by atoms with Crippen LogP contribution in [0.5, 0.6) is 5.75 Å². The van der Waals surface area contributed by atoms with Gasteiger partial charge in [0.15, 0.2) is 0 Å². The summed E-state index contributed by atoms with van der Waals surface area (Å²) in [6.07, 6.45) is 5.26. The average molecular weight is 580 g/mol. The van der Waals surface area contributed by atoms with E-state index in [1.165, 1.54) is 5.57 Å².